The second-order valence-corrected chi connectivity index (χ2v) is 5.21. The molecular weight excluding hydrogens is 210 g/mol. The van der Waals surface area contributed by atoms with Gasteiger partial charge in [-0.3, -0.25) is 9.79 Å². The summed E-state index contributed by atoms with van der Waals surface area (Å²) in [5.74, 6) is 2.30. The van der Waals surface area contributed by atoms with Crippen molar-refractivity contribution >= 4 is 11.5 Å². The lowest BCUT2D eigenvalue weighted by atomic mass is 10.1. The number of carbonyl (C=O) groups is 1. The molecule has 0 aromatic rings. The third kappa shape index (κ3) is 6.60. The quantitative estimate of drug-likeness (QED) is 0.613. The number of rotatable bonds is 0. The van der Waals surface area contributed by atoms with Crippen LogP contribution in [0.4, 0.5) is 0 Å². The van der Waals surface area contributed by atoms with E-state index in [0.29, 0.717) is 6.42 Å². The van der Waals surface area contributed by atoms with Crippen LogP contribution in [0.15, 0.2) is 4.99 Å². The van der Waals surface area contributed by atoms with Gasteiger partial charge in [0.05, 0.1) is 0 Å². The van der Waals surface area contributed by atoms with Crippen LogP contribution >= 0.6 is 0 Å². The van der Waals surface area contributed by atoms with Crippen molar-refractivity contribution in [3.05, 3.63) is 0 Å². The van der Waals surface area contributed by atoms with E-state index in [9.17, 15) is 4.79 Å². The fraction of sp³-hybridized carbons (Fsp3) is 0.867. The zero-order valence-electron chi connectivity index (χ0n) is 10.4. The Kier molecular flexibility index (Phi) is 9.28. The summed E-state index contributed by atoms with van der Waals surface area (Å²) in [6.07, 6.45) is 4.99. The lowest BCUT2D eigenvalue weighted by molar-refractivity contribution is -0.118. The molecule has 1 aliphatic heterocycles. The van der Waals surface area contributed by atoms with Crippen LogP contribution in [0.2, 0.25) is 0 Å². The summed E-state index contributed by atoms with van der Waals surface area (Å²) in [6, 6.07) is -0.0602. The van der Waals surface area contributed by atoms with E-state index < -0.39 is 0 Å². The normalized spacial score (nSPS) is 30.7. The second kappa shape index (κ2) is 8.43. The van der Waals surface area contributed by atoms with E-state index in [1.807, 2.05) is 13.8 Å². The van der Waals surface area contributed by atoms with Gasteiger partial charge in [0.15, 0.2) is 5.78 Å². The maximum atomic E-state index is 10.7. The number of hydrogen-bond donors (Lipinski definition) is 0. The van der Waals surface area contributed by atoms with Gasteiger partial charge in [-0.05, 0) is 32.1 Å². The van der Waals surface area contributed by atoms with E-state index >= 15 is 0 Å². The van der Waals surface area contributed by atoms with E-state index in [-0.39, 0.29) is 26.7 Å². The number of ketones is 1. The second-order valence-electron chi connectivity index (χ2n) is 5.21. The van der Waals surface area contributed by atoms with Crippen molar-refractivity contribution in [2.24, 2.45) is 16.8 Å². The van der Waals surface area contributed by atoms with E-state index in [1.165, 1.54) is 19.3 Å². The first kappa shape index (κ1) is 18.7. The van der Waals surface area contributed by atoms with E-state index in [0.717, 1.165) is 17.5 Å². The van der Waals surface area contributed by atoms with Crippen LogP contribution in [0.3, 0.4) is 0 Å². The van der Waals surface area contributed by atoms with Crippen molar-refractivity contribution in [3.8, 4) is 0 Å². The summed E-state index contributed by atoms with van der Waals surface area (Å²) in [4.78, 5) is 14.7. The summed E-state index contributed by atoms with van der Waals surface area (Å²) in [5.41, 5.74) is 0.975. The highest BCUT2D eigenvalue weighted by atomic mass is 16.1. The Labute approximate surface area is 108 Å². The van der Waals surface area contributed by atoms with Crippen molar-refractivity contribution in [1.82, 2.24) is 0 Å². The Morgan fingerprint density at radius 2 is 1.53 bits per heavy atom. The zero-order chi connectivity index (χ0) is 11.4. The van der Waals surface area contributed by atoms with Crippen LogP contribution in [0.25, 0.3) is 0 Å². The molecule has 0 amide bonds. The molecule has 2 heteroatoms. The molecule has 1 unspecified atom stereocenters. The number of Topliss-reactive ketones (excluding diaryl/α,β-unsaturated/α-hetero) is 1. The first-order chi connectivity index (χ1) is 6.99. The Hall–Kier alpha value is -0.660. The Morgan fingerprint density at radius 1 is 1.06 bits per heavy atom. The van der Waals surface area contributed by atoms with Crippen LogP contribution in [-0.2, 0) is 4.79 Å². The first-order valence-electron chi connectivity index (χ1n) is 6.05. The molecule has 0 aromatic carbocycles. The van der Waals surface area contributed by atoms with Gasteiger partial charge in [-0.25, -0.2) is 0 Å². The van der Waals surface area contributed by atoms with Gasteiger partial charge in [0.25, 0.3) is 0 Å². The van der Waals surface area contributed by atoms with E-state index in [2.05, 4.69) is 18.8 Å². The molecule has 1 fully saturated rings. The predicted octanol–water partition coefficient (Wildman–Crippen LogP) is 4.52. The van der Waals surface area contributed by atoms with Gasteiger partial charge >= 0.3 is 0 Å². The number of carbonyl (C=O) groups excluding carboxylic acids is 1. The maximum absolute atomic E-state index is 10.7. The van der Waals surface area contributed by atoms with Crippen LogP contribution < -0.4 is 0 Å². The number of aliphatic imine (C=N–C) groups is 1. The number of hydrogen-bond acceptors (Lipinski definition) is 2. The van der Waals surface area contributed by atoms with Gasteiger partial charge in [-0.1, -0.05) is 41.5 Å². The van der Waals surface area contributed by atoms with Gasteiger partial charge in [-0.15, -0.1) is 0 Å². The molecule has 1 heterocycles. The third-order valence-corrected chi connectivity index (χ3v) is 3.27. The molecule has 0 saturated heterocycles. The van der Waals surface area contributed by atoms with Crippen molar-refractivity contribution < 1.29 is 4.79 Å². The Balaban J connectivity index is 0. The molecule has 0 N–H and O–H groups in total. The molecule has 2 rings (SSSR count). The molecule has 0 aromatic heterocycles. The molecule has 17 heavy (non-hydrogen) atoms. The van der Waals surface area contributed by atoms with Crippen LogP contribution in [0, 0.1) is 11.8 Å². The monoisotopic (exact) mass is 241 g/mol. The largest absolute Gasteiger partial charge is 0.297 e. The fourth-order valence-electron chi connectivity index (χ4n) is 2.34. The van der Waals surface area contributed by atoms with Crippen molar-refractivity contribution in [3.63, 3.8) is 0 Å². The molecule has 2 aliphatic rings. The van der Waals surface area contributed by atoms with Crippen LogP contribution in [0.5, 0.6) is 0 Å². The summed E-state index contributed by atoms with van der Waals surface area (Å²) in [5, 5.41) is 0. The Morgan fingerprint density at radius 3 is 1.65 bits per heavy atom. The Bertz CT molecular complexity index is 250. The molecule has 0 spiro atoms. The molecule has 0 radical (unpaired) electrons. The highest BCUT2D eigenvalue weighted by Crippen LogP contribution is 2.29. The molecular formula is C15H31NO. The minimum atomic E-state index is -0.0602. The topological polar surface area (TPSA) is 29.4 Å². The van der Waals surface area contributed by atoms with Crippen LogP contribution in [-0.4, -0.2) is 17.5 Å². The van der Waals surface area contributed by atoms with E-state index in [4.69, 9.17) is 0 Å². The summed E-state index contributed by atoms with van der Waals surface area (Å²) in [6.45, 7) is 8.42. The van der Waals surface area contributed by atoms with Gasteiger partial charge in [-0.2, -0.15) is 0 Å². The number of nitrogens with zero attached hydrogens (tertiary/aromatic N) is 1. The fourth-order valence-corrected chi connectivity index (χ4v) is 2.34. The molecule has 1 aliphatic carbocycles. The van der Waals surface area contributed by atoms with Gasteiger partial charge in [0.1, 0.15) is 6.04 Å². The lowest BCUT2D eigenvalue weighted by Gasteiger charge is -1.96. The van der Waals surface area contributed by atoms with Gasteiger partial charge < -0.3 is 0 Å². The summed E-state index contributed by atoms with van der Waals surface area (Å²) in [7, 11) is 0. The zero-order valence-corrected chi connectivity index (χ0v) is 10.4. The van der Waals surface area contributed by atoms with Gasteiger partial charge in [0, 0.05) is 12.1 Å². The first-order valence-corrected chi connectivity index (χ1v) is 6.05. The average molecular weight is 241 g/mol. The molecule has 3 atom stereocenters. The van der Waals surface area contributed by atoms with Gasteiger partial charge in [0.2, 0.25) is 0 Å². The van der Waals surface area contributed by atoms with E-state index in [1.54, 1.807) is 0 Å². The molecule has 2 nitrogen and oxygen atoms in total. The maximum Gasteiger partial charge on any atom is 0.162 e. The minimum absolute atomic E-state index is 0. The summed E-state index contributed by atoms with van der Waals surface area (Å²) >= 11 is 0. The average Bonchev–Trinajstić information content (AvgIpc) is 2.61. The van der Waals surface area contributed by atoms with Crippen molar-refractivity contribution in [2.75, 3.05) is 0 Å². The van der Waals surface area contributed by atoms with Crippen molar-refractivity contribution in [1.29, 1.82) is 0 Å². The highest BCUT2D eigenvalue weighted by molar-refractivity contribution is 6.08. The SMILES string of the molecule is C.C.CC1=NC(C)C(=O)C1.C[C@@H]1CC[C@H](C)C1. The molecule has 0 bridgehead atoms. The third-order valence-electron chi connectivity index (χ3n) is 3.27. The highest BCUT2D eigenvalue weighted by Gasteiger charge is 2.18. The lowest BCUT2D eigenvalue weighted by Crippen LogP contribution is -2.06. The summed E-state index contributed by atoms with van der Waals surface area (Å²) < 4.78 is 0. The predicted molar refractivity (Wildman–Crippen MR) is 77.8 cm³/mol. The van der Waals surface area contributed by atoms with Crippen LogP contribution in [0.1, 0.15) is 68.2 Å². The smallest absolute Gasteiger partial charge is 0.162 e. The standard InChI is InChI=1S/C7H14.C6H9NO.2CH4/c1-6-3-4-7(2)5-6;1-4-3-6(8)5(2)7-4;;/h6-7H,3-5H2,1-2H3;5H,3H2,1-2H3;2*1H4/t6-,7+;;;. The molecule has 1 saturated carbocycles. The molecule has 102 valence electrons. The minimum Gasteiger partial charge on any atom is -0.297 e. The van der Waals surface area contributed by atoms with Crippen molar-refractivity contribution in [2.45, 2.75) is 74.3 Å².